The molecule has 1 amide bonds. The third kappa shape index (κ3) is 3.02. The van der Waals surface area contributed by atoms with Crippen LogP contribution in [0.15, 0.2) is 24.3 Å². The molecular weight excluding hydrogens is 278 g/mol. The minimum atomic E-state index is -0.184. The molecule has 4 heteroatoms. The number of fused-ring (bicyclic) bond motifs is 1. The van der Waals surface area contributed by atoms with Crippen LogP contribution in [0, 0.1) is 0 Å². The van der Waals surface area contributed by atoms with Gasteiger partial charge in [-0.2, -0.15) is 0 Å². The molecule has 3 rings (SSSR count). The largest absolute Gasteiger partial charge is 0.490 e. The highest BCUT2D eigenvalue weighted by Crippen LogP contribution is 2.29. The molecule has 1 aromatic carbocycles. The van der Waals surface area contributed by atoms with Gasteiger partial charge in [0, 0.05) is 11.1 Å². The molecule has 0 bridgehead atoms. The molecule has 118 valence electrons. The number of carbonyl (C=O) groups excluding carboxylic acids is 1. The fourth-order valence-electron chi connectivity index (χ4n) is 2.95. The van der Waals surface area contributed by atoms with Crippen LogP contribution in [-0.2, 0) is 16.0 Å². The molecule has 1 fully saturated rings. The molecule has 0 N–H and O–H groups in total. The van der Waals surface area contributed by atoms with Gasteiger partial charge in [-0.1, -0.05) is 24.3 Å². The lowest BCUT2D eigenvalue weighted by molar-refractivity contribution is -0.157. The molecule has 0 saturated carbocycles. The van der Waals surface area contributed by atoms with Crippen LogP contribution in [-0.4, -0.2) is 42.2 Å². The Balaban J connectivity index is 1.63. The summed E-state index contributed by atoms with van der Waals surface area (Å²) in [5, 5.41) is 0. The molecule has 0 radical (unpaired) electrons. The normalized spacial score (nSPS) is 21.1. The van der Waals surface area contributed by atoms with Gasteiger partial charge in [-0.25, -0.2) is 0 Å². The van der Waals surface area contributed by atoms with Crippen molar-refractivity contribution < 1.29 is 14.3 Å². The maximum atomic E-state index is 12.0. The van der Waals surface area contributed by atoms with Crippen LogP contribution in [0.1, 0.15) is 31.9 Å². The van der Waals surface area contributed by atoms with Crippen LogP contribution in [0.2, 0.25) is 0 Å². The first-order valence-corrected chi connectivity index (χ1v) is 7.78. The first-order valence-electron chi connectivity index (χ1n) is 7.78. The third-order valence-electron chi connectivity index (χ3n) is 4.15. The second-order valence-electron chi connectivity index (χ2n) is 6.85. The summed E-state index contributed by atoms with van der Waals surface area (Å²) in [6.07, 6.45) is 5.11. The molecule has 1 heterocycles. The highest BCUT2D eigenvalue weighted by atomic mass is 16.5. The van der Waals surface area contributed by atoms with E-state index < -0.39 is 0 Å². The van der Waals surface area contributed by atoms with E-state index in [1.165, 1.54) is 11.1 Å². The van der Waals surface area contributed by atoms with Crippen molar-refractivity contribution in [1.82, 2.24) is 4.90 Å². The molecular formula is C18H23NO3. The van der Waals surface area contributed by atoms with Gasteiger partial charge in [-0.15, -0.1) is 0 Å². The van der Waals surface area contributed by atoms with E-state index in [1.54, 1.807) is 0 Å². The number of nitrogens with zero attached hydrogens (tertiary/aromatic N) is 1. The van der Waals surface area contributed by atoms with Crippen molar-refractivity contribution in [3.63, 3.8) is 0 Å². The predicted molar refractivity (Wildman–Crippen MR) is 85.9 cm³/mol. The molecule has 1 aromatic rings. The van der Waals surface area contributed by atoms with Gasteiger partial charge in [0.05, 0.1) is 6.54 Å². The van der Waals surface area contributed by atoms with Crippen molar-refractivity contribution >= 4 is 12.0 Å². The summed E-state index contributed by atoms with van der Waals surface area (Å²) < 4.78 is 11.6. The summed E-state index contributed by atoms with van der Waals surface area (Å²) in [6.45, 7) is 7.32. The van der Waals surface area contributed by atoms with E-state index in [2.05, 4.69) is 18.2 Å². The Morgan fingerprint density at radius 3 is 2.95 bits per heavy atom. The number of rotatable bonds is 3. The number of benzene rings is 1. The van der Waals surface area contributed by atoms with E-state index in [-0.39, 0.29) is 24.2 Å². The first-order chi connectivity index (χ1) is 10.4. The molecule has 1 aliphatic heterocycles. The Hall–Kier alpha value is -1.81. The van der Waals surface area contributed by atoms with Crippen molar-refractivity contribution in [3.8, 4) is 5.75 Å². The SMILES string of the molecule is CC(C)(C)N1CC(COc2cccc3c2CC=C3)OCC1=O. The van der Waals surface area contributed by atoms with Gasteiger partial charge in [-0.05, 0) is 38.8 Å². The smallest absolute Gasteiger partial charge is 0.249 e. The topological polar surface area (TPSA) is 38.8 Å². The Labute approximate surface area is 131 Å². The standard InChI is InChI=1S/C18H23NO3/c1-18(2,3)19-10-14(21-12-17(19)20)11-22-16-9-5-7-13-6-4-8-15(13)16/h4-7,9,14H,8,10-12H2,1-3H3. The van der Waals surface area contributed by atoms with E-state index in [9.17, 15) is 4.79 Å². The lowest BCUT2D eigenvalue weighted by Gasteiger charge is -2.41. The molecule has 1 unspecified atom stereocenters. The number of ether oxygens (including phenoxy) is 2. The van der Waals surface area contributed by atoms with Crippen molar-refractivity contribution in [2.75, 3.05) is 19.8 Å². The van der Waals surface area contributed by atoms with E-state index in [0.29, 0.717) is 13.2 Å². The maximum Gasteiger partial charge on any atom is 0.249 e. The average Bonchev–Trinajstić information content (AvgIpc) is 2.94. The maximum absolute atomic E-state index is 12.0. The highest BCUT2D eigenvalue weighted by molar-refractivity contribution is 5.78. The third-order valence-corrected chi connectivity index (χ3v) is 4.15. The van der Waals surface area contributed by atoms with Crippen LogP contribution >= 0.6 is 0 Å². The summed E-state index contributed by atoms with van der Waals surface area (Å²) >= 11 is 0. The Morgan fingerprint density at radius 2 is 2.18 bits per heavy atom. The molecule has 0 spiro atoms. The Kier molecular flexibility index (Phi) is 3.96. The Morgan fingerprint density at radius 1 is 1.36 bits per heavy atom. The zero-order chi connectivity index (χ0) is 15.7. The minimum absolute atomic E-state index is 0.0496. The van der Waals surface area contributed by atoms with E-state index in [0.717, 1.165) is 12.2 Å². The zero-order valence-electron chi connectivity index (χ0n) is 13.5. The van der Waals surface area contributed by atoms with Crippen molar-refractivity contribution in [2.45, 2.75) is 38.8 Å². The summed E-state index contributed by atoms with van der Waals surface area (Å²) in [5.41, 5.74) is 2.28. The van der Waals surface area contributed by atoms with Crippen LogP contribution < -0.4 is 4.74 Å². The van der Waals surface area contributed by atoms with Crippen LogP contribution in [0.25, 0.3) is 6.08 Å². The van der Waals surface area contributed by atoms with Crippen LogP contribution in [0.5, 0.6) is 5.75 Å². The van der Waals surface area contributed by atoms with E-state index in [4.69, 9.17) is 9.47 Å². The molecule has 22 heavy (non-hydrogen) atoms. The van der Waals surface area contributed by atoms with Crippen molar-refractivity contribution in [2.24, 2.45) is 0 Å². The monoisotopic (exact) mass is 301 g/mol. The summed E-state index contributed by atoms with van der Waals surface area (Å²) in [4.78, 5) is 13.8. The number of carbonyl (C=O) groups is 1. The quantitative estimate of drug-likeness (QED) is 0.861. The molecule has 1 saturated heterocycles. The second kappa shape index (κ2) is 5.76. The van der Waals surface area contributed by atoms with E-state index in [1.807, 2.05) is 37.8 Å². The summed E-state index contributed by atoms with van der Waals surface area (Å²) in [6, 6.07) is 6.11. The van der Waals surface area contributed by atoms with Gasteiger partial charge < -0.3 is 14.4 Å². The first kappa shape index (κ1) is 15.1. The number of hydrogen-bond donors (Lipinski definition) is 0. The fraction of sp³-hybridized carbons (Fsp3) is 0.500. The van der Waals surface area contributed by atoms with Gasteiger partial charge in [0.25, 0.3) is 0 Å². The number of allylic oxidation sites excluding steroid dienone is 1. The van der Waals surface area contributed by atoms with Crippen LogP contribution in [0.3, 0.4) is 0 Å². The summed E-state index contributed by atoms with van der Waals surface area (Å²) in [5.74, 6) is 0.971. The average molecular weight is 301 g/mol. The zero-order valence-corrected chi connectivity index (χ0v) is 13.5. The number of amides is 1. The van der Waals surface area contributed by atoms with Gasteiger partial charge in [0.2, 0.25) is 5.91 Å². The van der Waals surface area contributed by atoms with Gasteiger partial charge in [0.1, 0.15) is 25.1 Å². The van der Waals surface area contributed by atoms with Crippen molar-refractivity contribution in [1.29, 1.82) is 0 Å². The van der Waals surface area contributed by atoms with E-state index >= 15 is 0 Å². The molecule has 1 aliphatic carbocycles. The van der Waals surface area contributed by atoms with Crippen LogP contribution in [0.4, 0.5) is 0 Å². The summed E-state index contributed by atoms with van der Waals surface area (Å²) in [7, 11) is 0. The van der Waals surface area contributed by atoms with Gasteiger partial charge in [-0.3, -0.25) is 4.79 Å². The fourth-order valence-corrected chi connectivity index (χ4v) is 2.95. The highest BCUT2D eigenvalue weighted by Gasteiger charge is 2.33. The van der Waals surface area contributed by atoms with Gasteiger partial charge in [0.15, 0.2) is 0 Å². The number of morpholine rings is 1. The molecule has 4 nitrogen and oxygen atoms in total. The molecule has 2 aliphatic rings. The predicted octanol–water partition coefficient (Wildman–Crippen LogP) is 2.66. The minimum Gasteiger partial charge on any atom is -0.490 e. The lowest BCUT2D eigenvalue weighted by Crippen LogP contribution is -2.56. The van der Waals surface area contributed by atoms with Crippen molar-refractivity contribution in [3.05, 3.63) is 35.4 Å². The molecule has 1 atom stereocenters. The lowest BCUT2D eigenvalue weighted by atomic mass is 10.0. The Bertz CT molecular complexity index is 601. The molecule has 0 aromatic heterocycles. The number of hydrogen-bond acceptors (Lipinski definition) is 3. The second-order valence-corrected chi connectivity index (χ2v) is 6.85. The van der Waals surface area contributed by atoms with Gasteiger partial charge >= 0.3 is 0 Å².